The first kappa shape index (κ1) is 24.5. The molecule has 1 aliphatic heterocycles. The van der Waals surface area contributed by atoms with Crippen molar-refractivity contribution >= 4 is 41.1 Å². The topological polar surface area (TPSA) is 121 Å². The number of pyridine rings is 1. The summed E-state index contributed by atoms with van der Waals surface area (Å²) in [7, 11) is 0. The molecule has 3 N–H and O–H groups in total. The SMILES string of the molecule is O=C(COc1ccc(Cl)c(F)c1)N[C@H]1CC[C@H](C(=O)NCc2ccc(Cl)cn2)N(C(=O)O)C1. The predicted octanol–water partition coefficient (Wildman–Crippen LogP) is 2.85. The highest BCUT2D eigenvalue weighted by Gasteiger charge is 2.36. The molecule has 0 saturated carbocycles. The number of nitrogens with one attached hydrogen (secondary N) is 2. The number of amides is 3. The van der Waals surface area contributed by atoms with Crippen LogP contribution in [-0.2, 0) is 16.1 Å². The van der Waals surface area contributed by atoms with E-state index in [0.29, 0.717) is 17.1 Å². The van der Waals surface area contributed by atoms with E-state index >= 15 is 0 Å². The fraction of sp³-hybridized carbons (Fsp3) is 0.333. The number of likely N-dealkylation sites (tertiary alicyclic amines) is 1. The Kier molecular flexibility index (Phi) is 8.29. The maximum atomic E-state index is 13.4. The molecule has 1 saturated heterocycles. The van der Waals surface area contributed by atoms with Crippen molar-refractivity contribution in [2.24, 2.45) is 0 Å². The zero-order valence-electron chi connectivity index (χ0n) is 17.3. The number of hydrogen-bond acceptors (Lipinski definition) is 5. The molecule has 0 aliphatic carbocycles. The van der Waals surface area contributed by atoms with Gasteiger partial charge < -0.3 is 20.5 Å². The Morgan fingerprint density at radius 1 is 1.21 bits per heavy atom. The van der Waals surface area contributed by atoms with Crippen molar-refractivity contribution < 1.29 is 28.6 Å². The van der Waals surface area contributed by atoms with E-state index in [1.54, 1.807) is 12.1 Å². The molecule has 2 heterocycles. The molecule has 0 radical (unpaired) electrons. The van der Waals surface area contributed by atoms with Crippen LogP contribution in [0.1, 0.15) is 18.5 Å². The number of aromatic nitrogens is 1. The number of carbonyl (C=O) groups is 3. The molecule has 33 heavy (non-hydrogen) atoms. The summed E-state index contributed by atoms with van der Waals surface area (Å²) in [6.45, 7) is -0.320. The summed E-state index contributed by atoms with van der Waals surface area (Å²) < 4.78 is 18.7. The van der Waals surface area contributed by atoms with Gasteiger partial charge in [0.1, 0.15) is 17.6 Å². The molecule has 1 aromatic carbocycles. The lowest BCUT2D eigenvalue weighted by atomic mass is 9.98. The van der Waals surface area contributed by atoms with Crippen LogP contribution in [0, 0.1) is 5.82 Å². The molecule has 12 heteroatoms. The van der Waals surface area contributed by atoms with E-state index in [9.17, 15) is 23.9 Å². The van der Waals surface area contributed by atoms with E-state index in [-0.39, 0.29) is 36.9 Å². The summed E-state index contributed by atoms with van der Waals surface area (Å²) in [6, 6.07) is 5.70. The number of ether oxygens (including phenoxy) is 1. The molecule has 176 valence electrons. The Hall–Kier alpha value is -3.11. The second kappa shape index (κ2) is 11.2. The van der Waals surface area contributed by atoms with Gasteiger partial charge in [0.05, 0.1) is 22.3 Å². The summed E-state index contributed by atoms with van der Waals surface area (Å²) in [5.74, 6) is -1.49. The standard InChI is InChI=1S/C21H21Cl2FN4O5/c22-12-1-2-13(25-8-12)9-26-20(30)18-6-3-14(10-28(18)21(31)32)27-19(29)11-33-15-4-5-16(23)17(24)7-15/h1-2,4-5,7-8,14,18H,3,6,9-11H2,(H,26,30)(H,27,29)(H,31,32)/t14-,18+/m0/s1. The highest BCUT2D eigenvalue weighted by molar-refractivity contribution is 6.30. The summed E-state index contributed by atoms with van der Waals surface area (Å²) in [4.78, 5) is 41.6. The van der Waals surface area contributed by atoms with Crippen molar-refractivity contribution in [1.29, 1.82) is 0 Å². The van der Waals surface area contributed by atoms with Gasteiger partial charge >= 0.3 is 6.09 Å². The monoisotopic (exact) mass is 498 g/mol. The normalized spacial score (nSPS) is 17.8. The Morgan fingerprint density at radius 3 is 2.67 bits per heavy atom. The van der Waals surface area contributed by atoms with Gasteiger partial charge in [-0.3, -0.25) is 19.5 Å². The average Bonchev–Trinajstić information content (AvgIpc) is 2.79. The first-order valence-electron chi connectivity index (χ1n) is 9.98. The third-order valence-electron chi connectivity index (χ3n) is 4.99. The smallest absolute Gasteiger partial charge is 0.408 e. The van der Waals surface area contributed by atoms with E-state index in [1.807, 2.05) is 0 Å². The van der Waals surface area contributed by atoms with Gasteiger partial charge in [-0.2, -0.15) is 0 Å². The fourth-order valence-corrected chi connectivity index (χ4v) is 3.59. The molecule has 2 atom stereocenters. The number of rotatable bonds is 7. The highest BCUT2D eigenvalue weighted by Crippen LogP contribution is 2.21. The summed E-state index contributed by atoms with van der Waals surface area (Å²) in [5, 5.41) is 15.3. The van der Waals surface area contributed by atoms with Gasteiger partial charge in [0.25, 0.3) is 5.91 Å². The molecule has 1 aliphatic rings. The van der Waals surface area contributed by atoms with Crippen LogP contribution >= 0.6 is 23.2 Å². The van der Waals surface area contributed by atoms with Crippen LogP contribution in [0.25, 0.3) is 0 Å². The Bertz CT molecular complexity index is 1020. The molecule has 0 bridgehead atoms. The van der Waals surface area contributed by atoms with E-state index in [1.165, 1.54) is 18.3 Å². The van der Waals surface area contributed by atoms with Crippen molar-refractivity contribution in [3.05, 3.63) is 58.1 Å². The Balaban J connectivity index is 1.50. The number of carboxylic acid groups (broad SMARTS) is 1. The average molecular weight is 499 g/mol. The first-order valence-corrected chi connectivity index (χ1v) is 10.7. The molecule has 2 aromatic rings. The van der Waals surface area contributed by atoms with Crippen LogP contribution in [0.5, 0.6) is 5.75 Å². The Labute approximate surface area is 198 Å². The number of piperidine rings is 1. The lowest BCUT2D eigenvalue weighted by molar-refractivity contribution is -0.128. The van der Waals surface area contributed by atoms with Gasteiger partial charge in [0, 0.05) is 24.8 Å². The number of benzene rings is 1. The van der Waals surface area contributed by atoms with Crippen molar-refractivity contribution in [1.82, 2.24) is 20.5 Å². The fourth-order valence-electron chi connectivity index (χ4n) is 3.36. The van der Waals surface area contributed by atoms with Crippen LogP contribution < -0.4 is 15.4 Å². The Morgan fingerprint density at radius 2 is 2.00 bits per heavy atom. The molecular weight excluding hydrogens is 478 g/mol. The summed E-state index contributed by atoms with van der Waals surface area (Å²) in [5.41, 5.74) is 0.580. The second-order valence-electron chi connectivity index (χ2n) is 7.34. The second-order valence-corrected chi connectivity index (χ2v) is 8.19. The largest absolute Gasteiger partial charge is 0.484 e. The minimum atomic E-state index is -1.27. The number of hydrogen-bond donors (Lipinski definition) is 3. The number of carbonyl (C=O) groups excluding carboxylic acids is 2. The lowest BCUT2D eigenvalue weighted by Crippen LogP contribution is -2.58. The van der Waals surface area contributed by atoms with E-state index in [4.69, 9.17) is 27.9 Å². The molecule has 3 amide bonds. The molecule has 0 unspecified atom stereocenters. The van der Waals surface area contributed by atoms with Crippen molar-refractivity contribution in [3.8, 4) is 5.75 Å². The highest BCUT2D eigenvalue weighted by atomic mass is 35.5. The minimum Gasteiger partial charge on any atom is -0.484 e. The van der Waals surface area contributed by atoms with Crippen LogP contribution in [0.3, 0.4) is 0 Å². The van der Waals surface area contributed by atoms with Crippen molar-refractivity contribution in [2.45, 2.75) is 31.5 Å². The molecule has 3 rings (SSSR count). The van der Waals surface area contributed by atoms with E-state index in [0.717, 1.165) is 11.0 Å². The first-order chi connectivity index (χ1) is 15.7. The minimum absolute atomic E-state index is 0.0616. The molecular formula is C21H21Cl2FN4O5. The zero-order chi connectivity index (χ0) is 24.0. The van der Waals surface area contributed by atoms with Gasteiger partial charge in [0.15, 0.2) is 6.61 Å². The molecule has 0 spiro atoms. The maximum Gasteiger partial charge on any atom is 0.408 e. The quantitative estimate of drug-likeness (QED) is 0.539. The predicted molar refractivity (Wildman–Crippen MR) is 118 cm³/mol. The van der Waals surface area contributed by atoms with Gasteiger partial charge in [-0.25, -0.2) is 9.18 Å². The summed E-state index contributed by atoms with van der Waals surface area (Å²) in [6.07, 6.45) is 0.794. The number of nitrogens with zero attached hydrogens (tertiary/aromatic N) is 2. The van der Waals surface area contributed by atoms with Gasteiger partial charge in [-0.15, -0.1) is 0 Å². The number of halogens is 3. The lowest BCUT2D eigenvalue weighted by Gasteiger charge is -2.37. The third-order valence-corrected chi connectivity index (χ3v) is 5.52. The van der Waals surface area contributed by atoms with E-state index < -0.39 is 35.8 Å². The van der Waals surface area contributed by atoms with Crippen molar-refractivity contribution in [3.63, 3.8) is 0 Å². The summed E-state index contributed by atoms with van der Waals surface area (Å²) >= 11 is 11.4. The van der Waals surface area contributed by atoms with Gasteiger partial charge in [-0.05, 0) is 37.1 Å². The van der Waals surface area contributed by atoms with E-state index in [2.05, 4.69) is 15.6 Å². The molecule has 1 aromatic heterocycles. The maximum absolute atomic E-state index is 13.4. The van der Waals surface area contributed by atoms with Gasteiger partial charge in [0.2, 0.25) is 5.91 Å². The zero-order valence-corrected chi connectivity index (χ0v) is 18.8. The van der Waals surface area contributed by atoms with Crippen LogP contribution in [0.15, 0.2) is 36.5 Å². The molecule has 1 fully saturated rings. The van der Waals surface area contributed by atoms with Gasteiger partial charge in [-0.1, -0.05) is 23.2 Å². The third kappa shape index (κ3) is 6.93. The van der Waals surface area contributed by atoms with Crippen LogP contribution in [0.4, 0.5) is 9.18 Å². The van der Waals surface area contributed by atoms with Crippen LogP contribution in [-0.4, -0.2) is 58.1 Å². The molecule has 9 nitrogen and oxygen atoms in total. The van der Waals surface area contributed by atoms with Crippen molar-refractivity contribution in [2.75, 3.05) is 13.2 Å². The van der Waals surface area contributed by atoms with Crippen LogP contribution in [0.2, 0.25) is 10.0 Å².